The number of hydrogen-bond donors (Lipinski definition) is 2. The van der Waals surface area contributed by atoms with Crippen molar-refractivity contribution in [3.63, 3.8) is 0 Å². The van der Waals surface area contributed by atoms with Gasteiger partial charge in [-0.3, -0.25) is 0 Å². The zero-order valence-corrected chi connectivity index (χ0v) is 10.2. The Hall–Kier alpha value is -0.0800. The second kappa shape index (κ2) is 6.41. The van der Waals surface area contributed by atoms with Gasteiger partial charge in [0.2, 0.25) is 0 Å². The zero-order valence-electron chi connectivity index (χ0n) is 10.2. The quantitative estimate of drug-likeness (QED) is 0.665. The lowest BCUT2D eigenvalue weighted by Gasteiger charge is -2.34. The molecule has 0 bridgehead atoms. The molecule has 3 N–H and O–H groups in total. The molecular weight excluding hydrogens is 174 g/mol. The van der Waals surface area contributed by atoms with E-state index in [0.717, 1.165) is 32.1 Å². The van der Waals surface area contributed by atoms with Gasteiger partial charge in [0.05, 0.1) is 5.60 Å². The summed E-state index contributed by atoms with van der Waals surface area (Å²) in [5, 5.41) is 10.4. The van der Waals surface area contributed by atoms with Crippen LogP contribution in [-0.4, -0.2) is 16.7 Å². The van der Waals surface area contributed by atoms with Gasteiger partial charge in [-0.1, -0.05) is 40.5 Å². The second-order valence-electron chi connectivity index (χ2n) is 4.84. The predicted molar refractivity (Wildman–Crippen MR) is 62.2 cm³/mol. The van der Waals surface area contributed by atoms with Gasteiger partial charge in [-0.15, -0.1) is 0 Å². The average Bonchev–Trinajstić information content (AvgIpc) is 2.03. The Labute approximate surface area is 88.9 Å². The summed E-state index contributed by atoms with van der Waals surface area (Å²) in [6, 6.07) is -0.0672. The van der Waals surface area contributed by atoms with Crippen LogP contribution in [0.4, 0.5) is 0 Å². The molecule has 0 rings (SSSR count). The average molecular weight is 201 g/mol. The third-order valence-electron chi connectivity index (χ3n) is 2.78. The summed E-state index contributed by atoms with van der Waals surface area (Å²) in [4.78, 5) is 0. The third-order valence-corrected chi connectivity index (χ3v) is 2.78. The van der Waals surface area contributed by atoms with Crippen LogP contribution in [0.5, 0.6) is 0 Å². The predicted octanol–water partition coefficient (Wildman–Crippen LogP) is 2.69. The largest absolute Gasteiger partial charge is 0.388 e. The first-order chi connectivity index (χ1) is 6.46. The van der Waals surface area contributed by atoms with Crippen LogP contribution in [0, 0.1) is 5.92 Å². The Morgan fingerprint density at radius 3 is 1.86 bits per heavy atom. The van der Waals surface area contributed by atoms with Crippen LogP contribution in [0.3, 0.4) is 0 Å². The normalized spacial score (nSPS) is 14.8. The number of nitrogens with two attached hydrogens (primary N) is 1. The van der Waals surface area contributed by atoms with Crippen molar-refractivity contribution in [3.05, 3.63) is 0 Å². The molecule has 0 radical (unpaired) electrons. The minimum Gasteiger partial charge on any atom is -0.388 e. The molecule has 0 heterocycles. The van der Waals surface area contributed by atoms with Crippen LogP contribution < -0.4 is 5.73 Å². The summed E-state index contributed by atoms with van der Waals surface area (Å²) in [5.74, 6) is 0.560. The Bertz CT molecular complexity index is 139. The highest BCUT2D eigenvalue weighted by molar-refractivity contribution is 4.89. The van der Waals surface area contributed by atoms with E-state index < -0.39 is 5.60 Å². The smallest absolute Gasteiger partial charge is 0.0797 e. The van der Waals surface area contributed by atoms with Crippen molar-refractivity contribution >= 4 is 0 Å². The molecule has 0 aromatic carbocycles. The van der Waals surface area contributed by atoms with Crippen molar-refractivity contribution in [2.75, 3.05) is 0 Å². The van der Waals surface area contributed by atoms with Gasteiger partial charge in [-0.25, -0.2) is 0 Å². The molecule has 2 nitrogen and oxygen atoms in total. The van der Waals surface area contributed by atoms with Gasteiger partial charge in [0, 0.05) is 6.04 Å². The van der Waals surface area contributed by atoms with Crippen molar-refractivity contribution in [3.8, 4) is 0 Å². The van der Waals surface area contributed by atoms with Gasteiger partial charge in [0.25, 0.3) is 0 Å². The lowest BCUT2D eigenvalue weighted by molar-refractivity contribution is -0.00929. The molecule has 14 heavy (non-hydrogen) atoms. The van der Waals surface area contributed by atoms with Crippen LogP contribution in [0.25, 0.3) is 0 Å². The molecule has 0 spiro atoms. The molecule has 0 unspecified atom stereocenters. The van der Waals surface area contributed by atoms with Crippen molar-refractivity contribution in [1.29, 1.82) is 0 Å². The summed E-state index contributed by atoms with van der Waals surface area (Å²) < 4.78 is 0. The first-order valence-corrected chi connectivity index (χ1v) is 5.94. The minimum atomic E-state index is -0.631. The molecule has 0 aliphatic heterocycles. The number of hydrogen-bond acceptors (Lipinski definition) is 2. The maximum absolute atomic E-state index is 10.4. The van der Waals surface area contributed by atoms with Gasteiger partial charge < -0.3 is 10.8 Å². The first kappa shape index (κ1) is 13.9. The van der Waals surface area contributed by atoms with E-state index in [1.165, 1.54) is 0 Å². The molecule has 0 aromatic heterocycles. The number of rotatable bonds is 7. The molecule has 0 aliphatic carbocycles. The van der Waals surface area contributed by atoms with Gasteiger partial charge in [0.1, 0.15) is 0 Å². The molecule has 0 amide bonds. The molecule has 1 atom stereocenters. The van der Waals surface area contributed by atoms with Crippen molar-refractivity contribution in [2.45, 2.75) is 71.4 Å². The Balaban J connectivity index is 4.29. The molecule has 0 fully saturated rings. The maximum atomic E-state index is 10.4. The van der Waals surface area contributed by atoms with Crippen LogP contribution in [-0.2, 0) is 0 Å². The highest BCUT2D eigenvalue weighted by Crippen LogP contribution is 2.26. The van der Waals surface area contributed by atoms with Crippen LogP contribution in [0.15, 0.2) is 0 Å². The molecule has 0 aromatic rings. The van der Waals surface area contributed by atoms with E-state index in [-0.39, 0.29) is 6.04 Å². The summed E-state index contributed by atoms with van der Waals surface area (Å²) in [6.45, 7) is 8.50. The molecule has 2 heteroatoms. The van der Waals surface area contributed by atoms with E-state index in [2.05, 4.69) is 27.7 Å². The van der Waals surface area contributed by atoms with E-state index in [1.54, 1.807) is 0 Å². The summed E-state index contributed by atoms with van der Waals surface area (Å²) in [6.07, 6.45) is 4.57. The summed E-state index contributed by atoms with van der Waals surface area (Å²) in [7, 11) is 0. The van der Waals surface area contributed by atoms with Gasteiger partial charge in [0.15, 0.2) is 0 Å². The maximum Gasteiger partial charge on any atom is 0.0797 e. The molecule has 86 valence electrons. The molecule has 0 saturated carbocycles. The van der Waals surface area contributed by atoms with E-state index in [1.807, 2.05) is 0 Å². The summed E-state index contributed by atoms with van der Waals surface area (Å²) >= 11 is 0. The van der Waals surface area contributed by atoms with Crippen LogP contribution >= 0.6 is 0 Å². The van der Waals surface area contributed by atoms with Crippen LogP contribution in [0.2, 0.25) is 0 Å². The summed E-state index contributed by atoms with van der Waals surface area (Å²) in [5.41, 5.74) is 5.44. The van der Waals surface area contributed by atoms with Gasteiger partial charge in [-0.05, 0) is 25.2 Å². The Morgan fingerprint density at radius 1 is 1.14 bits per heavy atom. The molecular formula is C12H27NO. The van der Waals surface area contributed by atoms with Gasteiger partial charge >= 0.3 is 0 Å². The van der Waals surface area contributed by atoms with Crippen molar-refractivity contribution in [2.24, 2.45) is 11.7 Å². The molecule has 0 aliphatic rings. The SMILES string of the molecule is CCCC(O)(CCC)[C@H](N)CC(C)C. The fourth-order valence-corrected chi connectivity index (χ4v) is 2.09. The van der Waals surface area contributed by atoms with E-state index in [0.29, 0.717) is 5.92 Å². The van der Waals surface area contributed by atoms with E-state index in [9.17, 15) is 5.11 Å². The monoisotopic (exact) mass is 201 g/mol. The fourth-order valence-electron chi connectivity index (χ4n) is 2.09. The highest BCUT2D eigenvalue weighted by atomic mass is 16.3. The highest BCUT2D eigenvalue weighted by Gasteiger charge is 2.32. The molecule has 0 saturated heterocycles. The Morgan fingerprint density at radius 2 is 1.57 bits per heavy atom. The van der Waals surface area contributed by atoms with Crippen LogP contribution in [0.1, 0.15) is 59.8 Å². The Kier molecular flexibility index (Phi) is 6.38. The third kappa shape index (κ3) is 4.43. The second-order valence-corrected chi connectivity index (χ2v) is 4.84. The standard InChI is InChI=1S/C12H27NO/c1-5-7-12(14,8-6-2)11(13)9-10(3)4/h10-11,14H,5-9,13H2,1-4H3/t11-/m1/s1. The number of aliphatic hydroxyl groups is 1. The first-order valence-electron chi connectivity index (χ1n) is 5.94. The van der Waals surface area contributed by atoms with E-state index >= 15 is 0 Å². The van der Waals surface area contributed by atoms with Crippen molar-refractivity contribution in [1.82, 2.24) is 0 Å². The lowest BCUT2D eigenvalue weighted by atomic mass is 9.82. The van der Waals surface area contributed by atoms with Crippen molar-refractivity contribution < 1.29 is 5.11 Å². The zero-order chi connectivity index (χ0) is 11.2. The van der Waals surface area contributed by atoms with E-state index in [4.69, 9.17) is 5.73 Å². The minimum absolute atomic E-state index is 0.0672. The fraction of sp³-hybridized carbons (Fsp3) is 1.00. The lowest BCUT2D eigenvalue weighted by Crippen LogP contribution is -2.48. The van der Waals surface area contributed by atoms with Gasteiger partial charge in [-0.2, -0.15) is 0 Å². The topological polar surface area (TPSA) is 46.2 Å².